The van der Waals surface area contributed by atoms with Gasteiger partial charge in [0.15, 0.2) is 12.2 Å². The van der Waals surface area contributed by atoms with Crippen molar-refractivity contribution < 1.29 is 35.2 Å². The molecular weight excluding hydrogens is 482 g/mol. The van der Waals surface area contributed by atoms with E-state index in [1.165, 1.54) is 0 Å². The Hall–Kier alpha value is -2.54. The molecule has 2 N–H and O–H groups in total. The highest BCUT2D eigenvalue weighted by atomic mass is 32.2. The number of aromatic nitrogens is 1. The number of hydrazone groups is 1. The van der Waals surface area contributed by atoms with E-state index < -0.39 is 37.3 Å². The third-order valence-corrected chi connectivity index (χ3v) is 7.50. The highest BCUT2D eigenvalue weighted by Gasteiger charge is 2.39. The summed E-state index contributed by atoms with van der Waals surface area (Å²) in [7, 11) is -5.31. The minimum Gasteiger partial charge on any atom is -0.497 e. The Balaban J connectivity index is 2.41. The van der Waals surface area contributed by atoms with Gasteiger partial charge in [-0.3, -0.25) is 14.1 Å². The average Bonchev–Trinajstić information content (AvgIpc) is 2.78. The molecule has 0 aliphatic carbocycles. The van der Waals surface area contributed by atoms with E-state index in [1.54, 1.807) is 73.4 Å². The smallest absolute Gasteiger partial charge is 0.274 e. The highest BCUT2D eigenvalue weighted by Crippen LogP contribution is 2.24. The molecule has 2 aromatic rings. The van der Waals surface area contributed by atoms with Crippen molar-refractivity contribution in [3.63, 3.8) is 0 Å². The summed E-state index contributed by atoms with van der Waals surface area (Å²) in [6.45, 7) is 1.80. The van der Waals surface area contributed by atoms with Crippen molar-refractivity contribution in [2.75, 3.05) is 24.9 Å². The van der Waals surface area contributed by atoms with Crippen molar-refractivity contribution in [3.05, 3.63) is 54.4 Å². The molecule has 0 saturated heterocycles. The molecule has 0 saturated carbocycles. The Kier molecular flexibility index (Phi) is 9.98. The summed E-state index contributed by atoms with van der Waals surface area (Å²) >= 11 is 0. The van der Waals surface area contributed by atoms with Crippen molar-refractivity contribution in [3.8, 4) is 5.75 Å². The van der Waals surface area contributed by atoms with Crippen LogP contribution < -0.4 is 14.3 Å². The van der Waals surface area contributed by atoms with Crippen molar-refractivity contribution in [2.45, 2.75) is 43.9 Å². The van der Waals surface area contributed by atoms with Crippen LogP contribution >= 0.6 is 0 Å². The second kappa shape index (κ2) is 12.2. The standard InChI is InChI=1S/C22H31N3O7S2/c1-4-8-22(34(29,30)31)21(10-7-16-33(26,27)28)25-15-6-5-9-19(25)17-23-24(2)18-11-13-20(32-3)14-12-18/h5-6,9,11-15,17,21-22H,4,7-8,10,16H2,1-3H3,(H-,26,27,28,29,30,31)/p+1. The molecule has 34 heavy (non-hydrogen) atoms. The topological polar surface area (TPSA) is 137 Å². The molecule has 2 atom stereocenters. The Bertz CT molecular complexity index is 1170. The van der Waals surface area contributed by atoms with E-state index in [-0.39, 0.29) is 19.3 Å². The first-order valence-corrected chi connectivity index (χ1v) is 13.9. The molecule has 0 bridgehead atoms. The van der Waals surface area contributed by atoms with E-state index in [0.29, 0.717) is 17.9 Å². The number of benzene rings is 1. The van der Waals surface area contributed by atoms with Gasteiger partial charge in [-0.1, -0.05) is 13.3 Å². The molecule has 1 aromatic carbocycles. The minimum atomic E-state index is -4.44. The summed E-state index contributed by atoms with van der Waals surface area (Å²) in [5.74, 6) is 0.201. The highest BCUT2D eigenvalue weighted by molar-refractivity contribution is 7.86. The van der Waals surface area contributed by atoms with Crippen molar-refractivity contribution >= 4 is 32.1 Å². The van der Waals surface area contributed by atoms with Gasteiger partial charge in [-0.05, 0) is 43.2 Å². The summed E-state index contributed by atoms with van der Waals surface area (Å²) < 4.78 is 72.8. The van der Waals surface area contributed by atoms with Crippen LogP contribution in [0.4, 0.5) is 5.69 Å². The van der Waals surface area contributed by atoms with Gasteiger partial charge in [-0.2, -0.15) is 26.5 Å². The number of pyridine rings is 1. The maximum absolute atomic E-state index is 12.2. The second-order valence-corrected chi connectivity index (χ2v) is 11.0. The molecule has 2 unspecified atom stereocenters. The van der Waals surface area contributed by atoms with Gasteiger partial charge < -0.3 is 4.74 Å². The number of hydrogen-bond acceptors (Lipinski definition) is 7. The molecule has 0 spiro atoms. The number of rotatable bonds is 13. The summed E-state index contributed by atoms with van der Waals surface area (Å²) in [4.78, 5) is 0. The lowest BCUT2D eigenvalue weighted by molar-refractivity contribution is -0.724. The fourth-order valence-corrected chi connectivity index (χ4v) is 5.42. The van der Waals surface area contributed by atoms with Crippen LogP contribution in [0.15, 0.2) is 53.8 Å². The van der Waals surface area contributed by atoms with Gasteiger partial charge in [0, 0.05) is 25.6 Å². The van der Waals surface area contributed by atoms with E-state index in [1.807, 2.05) is 12.1 Å². The monoisotopic (exact) mass is 514 g/mol. The Labute approximate surface area is 201 Å². The van der Waals surface area contributed by atoms with Gasteiger partial charge in [0.2, 0.25) is 5.69 Å². The second-order valence-electron chi connectivity index (χ2n) is 7.84. The molecule has 1 heterocycles. The molecule has 2 rings (SSSR count). The molecule has 1 aromatic heterocycles. The third-order valence-electron chi connectivity index (χ3n) is 5.38. The van der Waals surface area contributed by atoms with Crippen LogP contribution in [-0.2, 0) is 20.2 Å². The van der Waals surface area contributed by atoms with Crippen molar-refractivity contribution in [2.24, 2.45) is 5.10 Å². The summed E-state index contributed by atoms with van der Waals surface area (Å²) in [5.41, 5.74) is 1.36. The number of hydrogen-bond donors (Lipinski definition) is 2. The van der Waals surface area contributed by atoms with Crippen LogP contribution in [0.5, 0.6) is 5.75 Å². The van der Waals surface area contributed by atoms with E-state index >= 15 is 0 Å². The Morgan fingerprint density at radius 3 is 2.32 bits per heavy atom. The third kappa shape index (κ3) is 8.35. The number of anilines is 1. The van der Waals surface area contributed by atoms with Crippen molar-refractivity contribution in [1.29, 1.82) is 0 Å². The molecule has 12 heteroatoms. The zero-order chi connectivity index (χ0) is 25.4. The van der Waals surface area contributed by atoms with E-state index in [0.717, 1.165) is 5.69 Å². The fraction of sp³-hybridized carbons (Fsp3) is 0.455. The van der Waals surface area contributed by atoms with E-state index in [4.69, 9.17) is 9.29 Å². The summed E-state index contributed by atoms with van der Waals surface area (Å²) in [5, 5.41) is 4.93. The van der Waals surface area contributed by atoms with Gasteiger partial charge in [0.1, 0.15) is 17.2 Å². The molecule has 0 radical (unpaired) electrons. The fourth-order valence-electron chi connectivity index (χ4n) is 3.69. The first-order valence-electron chi connectivity index (χ1n) is 10.8. The molecular formula is C22H32N3O7S2+. The van der Waals surface area contributed by atoms with Crippen LogP contribution in [0, 0.1) is 0 Å². The predicted octanol–water partition coefficient (Wildman–Crippen LogP) is 2.72. The van der Waals surface area contributed by atoms with Gasteiger partial charge >= 0.3 is 0 Å². The van der Waals surface area contributed by atoms with E-state index in [9.17, 15) is 21.4 Å². The van der Waals surface area contributed by atoms with Gasteiger partial charge in [0.05, 0.1) is 18.6 Å². The predicted molar refractivity (Wildman–Crippen MR) is 131 cm³/mol. The molecule has 0 aliphatic rings. The zero-order valence-electron chi connectivity index (χ0n) is 19.5. The first kappa shape index (κ1) is 27.7. The van der Waals surface area contributed by atoms with Crippen molar-refractivity contribution in [1.82, 2.24) is 0 Å². The van der Waals surface area contributed by atoms with E-state index in [2.05, 4.69) is 5.10 Å². The molecule has 188 valence electrons. The minimum absolute atomic E-state index is 0.0173. The number of ether oxygens (including phenoxy) is 1. The molecule has 0 amide bonds. The van der Waals surface area contributed by atoms with Crippen LogP contribution in [0.25, 0.3) is 0 Å². The summed E-state index contributed by atoms with van der Waals surface area (Å²) in [6, 6.07) is 11.7. The maximum atomic E-state index is 12.2. The van der Waals surface area contributed by atoms with Crippen LogP contribution in [0.1, 0.15) is 44.3 Å². The van der Waals surface area contributed by atoms with Crippen LogP contribution in [0.2, 0.25) is 0 Å². The molecule has 10 nitrogen and oxygen atoms in total. The average molecular weight is 515 g/mol. The van der Waals surface area contributed by atoms with Gasteiger partial charge in [-0.15, -0.1) is 0 Å². The van der Waals surface area contributed by atoms with Crippen LogP contribution in [0.3, 0.4) is 0 Å². The quantitative estimate of drug-likeness (QED) is 0.180. The Morgan fingerprint density at radius 1 is 1.09 bits per heavy atom. The zero-order valence-corrected chi connectivity index (χ0v) is 21.1. The Morgan fingerprint density at radius 2 is 1.76 bits per heavy atom. The number of nitrogens with zero attached hydrogens (tertiary/aromatic N) is 3. The lowest BCUT2D eigenvalue weighted by Crippen LogP contribution is -2.51. The summed E-state index contributed by atoms with van der Waals surface area (Å²) in [6.07, 6.45) is 4.03. The lowest BCUT2D eigenvalue weighted by Gasteiger charge is -2.21. The number of methoxy groups -OCH3 is 1. The van der Waals surface area contributed by atoms with Crippen LogP contribution in [-0.4, -0.2) is 57.3 Å². The normalized spacial score (nSPS) is 14.1. The lowest BCUT2D eigenvalue weighted by atomic mass is 10.0. The maximum Gasteiger partial charge on any atom is 0.274 e. The largest absolute Gasteiger partial charge is 0.497 e. The van der Waals surface area contributed by atoms with Gasteiger partial charge in [0.25, 0.3) is 20.2 Å². The molecule has 0 fully saturated rings. The first-order chi connectivity index (χ1) is 16.0. The van der Waals surface area contributed by atoms with Gasteiger partial charge in [-0.25, -0.2) is 0 Å². The molecule has 0 aliphatic heterocycles. The SMILES string of the molecule is CCCC(C(CCCS(=O)(=O)O)[n+]1ccccc1C=NN(C)c1ccc(OC)cc1)S(=O)(=O)O.